The van der Waals surface area contributed by atoms with E-state index in [9.17, 15) is 13.2 Å². The SMILES string of the molecule is CC(Nc1ccccc1C(F)(F)F)c1ccsc1. The minimum absolute atomic E-state index is 0.115. The van der Waals surface area contributed by atoms with Crippen LogP contribution in [-0.4, -0.2) is 0 Å². The van der Waals surface area contributed by atoms with E-state index < -0.39 is 11.7 Å². The predicted octanol–water partition coefficient (Wildman–Crippen LogP) is 4.94. The second-order valence-corrected chi connectivity index (χ2v) is 4.75. The highest BCUT2D eigenvalue weighted by atomic mass is 32.1. The molecule has 2 aromatic rings. The molecule has 1 aromatic carbocycles. The van der Waals surface area contributed by atoms with E-state index in [2.05, 4.69) is 5.32 Å². The van der Waals surface area contributed by atoms with Crippen molar-refractivity contribution in [1.82, 2.24) is 0 Å². The molecule has 0 amide bonds. The molecule has 0 aliphatic rings. The Balaban J connectivity index is 2.24. The predicted molar refractivity (Wildman–Crippen MR) is 67.8 cm³/mol. The van der Waals surface area contributed by atoms with Gasteiger partial charge in [0.2, 0.25) is 0 Å². The highest BCUT2D eigenvalue weighted by Crippen LogP contribution is 2.36. The molecule has 2 rings (SSSR count). The summed E-state index contributed by atoms with van der Waals surface area (Å²) in [4.78, 5) is 0. The number of benzene rings is 1. The first kappa shape index (κ1) is 13.0. The average molecular weight is 271 g/mol. The maximum Gasteiger partial charge on any atom is 0.418 e. The maximum absolute atomic E-state index is 12.8. The number of hydrogen-bond donors (Lipinski definition) is 1. The lowest BCUT2D eigenvalue weighted by molar-refractivity contribution is -0.137. The Kier molecular flexibility index (Phi) is 3.61. The van der Waals surface area contributed by atoms with Crippen LogP contribution in [0.2, 0.25) is 0 Å². The highest BCUT2D eigenvalue weighted by molar-refractivity contribution is 7.07. The number of hydrogen-bond acceptors (Lipinski definition) is 2. The molecule has 0 saturated heterocycles. The number of anilines is 1. The van der Waals surface area contributed by atoms with Gasteiger partial charge in [-0.2, -0.15) is 24.5 Å². The fourth-order valence-corrected chi connectivity index (χ4v) is 2.45. The standard InChI is InChI=1S/C13H12F3NS/c1-9(10-6-7-18-8-10)17-12-5-3-2-4-11(12)13(14,15)16/h2-9,17H,1H3. The van der Waals surface area contributed by atoms with E-state index in [-0.39, 0.29) is 11.7 Å². The summed E-state index contributed by atoms with van der Waals surface area (Å²) in [5.74, 6) is 0. The number of rotatable bonds is 3. The summed E-state index contributed by atoms with van der Waals surface area (Å²) < 4.78 is 38.4. The largest absolute Gasteiger partial charge is 0.418 e. The lowest BCUT2D eigenvalue weighted by Gasteiger charge is -2.18. The summed E-state index contributed by atoms with van der Waals surface area (Å²) in [7, 11) is 0. The van der Waals surface area contributed by atoms with Gasteiger partial charge in [-0.15, -0.1) is 0 Å². The number of nitrogens with one attached hydrogen (secondary N) is 1. The highest BCUT2D eigenvalue weighted by Gasteiger charge is 2.33. The van der Waals surface area contributed by atoms with Crippen molar-refractivity contribution in [2.45, 2.75) is 19.1 Å². The van der Waals surface area contributed by atoms with Crippen molar-refractivity contribution >= 4 is 17.0 Å². The minimum atomic E-state index is -4.34. The lowest BCUT2D eigenvalue weighted by Crippen LogP contribution is -2.13. The molecule has 0 saturated carbocycles. The van der Waals surface area contributed by atoms with Crippen LogP contribution in [0.25, 0.3) is 0 Å². The zero-order chi connectivity index (χ0) is 13.2. The van der Waals surface area contributed by atoms with Crippen molar-refractivity contribution in [2.75, 3.05) is 5.32 Å². The number of thiophene rings is 1. The van der Waals surface area contributed by atoms with E-state index in [4.69, 9.17) is 0 Å². The van der Waals surface area contributed by atoms with E-state index >= 15 is 0 Å². The average Bonchev–Trinajstić information content (AvgIpc) is 2.81. The van der Waals surface area contributed by atoms with Crippen molar-refractivity contribution < 1.29 is 13.2 Å². The fraction of sp³-hybridized carbons (Fsp3) is 0.231. The van der Waals surface area contributed by atoms with Crippen molar-refractivity contribution in [2.24, 2.45) is 0 Å². The van der Waals surface area contributed by atoms with E-state index in [0.717, 1.165) is 11.6 Å². The van der Waals surface area contributed by atoms with Crippen molar-refractivity contribution in [3.05, 3.63) is 52.2 Å². The third kappa shape index (κ3) is 2.85. The van der Waals surface area contributed by atoms with Gasteiger partial charge in [-0.05, 0) is 41.4 Å². The molecule has 18 heavy (non-hydrogen) atoms. The molecule has 1 aromatic heterocycles. The number of halogens is 3. The second kappa shape index (κ2) is 5.02. The molecule has 0 spiro atoms. The van der Waals surface area contributed by atoms with Gasteiger partial charge in [0.15, 0.2) is 0 Å². The zero-order valence-corrected chi connectivity index (χ0v) is 10.5. The number of alkyl halides is 3. The molecule has 1 atom stereocenters. The van der Waals surface area contributed by atoms with E-state index in [1.807, 2.05) is 23.8 Å². The first-order chi connectivity index (χ1) is 8.48. The summed E-state index contributed by atoms with van der Waals surface area (Å²) in [6.45, 7) is 1.84. The van der Waals surface area contributed by atoms with Crippen LogP contribution < -0.4 is 5.32 Å². The first-order valence-corrected chi connectivity index (χ1v) is 6.37. The van der Waals surface area contributed by atoms with Gasteiger partial charge < -0.3 is 5.32 Å². The fourth-order valence-electron chi connectivity index (χ4n) is 1.69. The third-order valence-electron chi connectivity index (χ3n) is 2.65. The Hall–Kier alpha value is -1.49. The third-order valence-corrected chi connectivity index (χ3v) is 3.35. The van der Waals surface area contributed by atoms with Crippen LogP contribution in [-0.2, 0) is 6.18 Å². The van der Waals surface area contributed by atoms with Crippen LogP contribution in [0, 0.1) is 0 Å². The molecule has 0 aliphatic carbocycles. The molecule has 0 aliphatic heterocycles. The summed E-state index contributed by atoms with van der Waals surface area (Å²) in [5.41, 5.74) is 0.466. The van der Waals surface area contributed by atoms with Crippen LogP contribution >= 0.6 is 11.3 Å². The minimum Gasteiger partial charge on any atom is -0.378 e. The van der Waals surface area contributed by atoms with Gasteiger partial charge >= 0.3 is 6.18 Å². The molecule has 0 fully saturated rings. The Labute approximate surface area is 107 Å². The summed E-state index contributed by atoms with van der Waals surface area (Å²) in [5, 5.41) is 6.74. The summed E-state index contributed by atoms with van der Waals surface area (Å²) in [6, 6.07) is 7.27. The van der Waals surface area contributed by atoms with E-state index in [0.29, 0.717) is 0 Å². The van der Waals surface area contributed by atoms with Gasteiger partial charge in [0, 0.05) is 11.7 Å². The topological polar surface area (TPSA) is 12.0 Å². The van der Waals surface area contributed by atoms with Crippen LogP contribution in [0.3, 0.4) is 0 Å². The molecular formula is C13H12F3NS. The van der Waals surface area contributed by atoms with Crippen LogP contribution in [0.15, 0.2) is 41.1 Å². The molecule has 0 bridgehead atoms. The van der Waals surface area contributed by atoms with E-state index in [1.54, 1.807) is 6.07 Å². The van der Waals surface area contributed by atoms with Gasteiger partial charge in [-0.1, -0.05) is 12.1 Å². The van der Waals surface area contributed by atoms with Crippen molar-refractivity contribution in [1.29, 1.82) is 0 Å². The van der Waals surface area contributed by atoms with Crippen molar-refractivity contribution in [3.63, 3.8) is 0 Å². The Morgan fingerprint density at radius 1 is 1.17 bits per heavy atom. The molecule has 1 unspecified atom stereocenters. The smallest absolute Gasteiger partial charge is 0.378 e. The lowest BCUT2D eigenvalue weighted by atomic mass is 10.1. The van der Waals surface area contributed by atoms with Crippen molar-refractivity contribution in [3.8, 4) is 0 Å². The zero-order valence-electron chi connectivity index (χ0n) is 9.66. The summed E-state index contributed by atoms with van der Waals surface area (Å²) in [6.07, 6.45) is -4.34. The van der Waals surface area contributed by atoms with Crippen LogP contribution in [0.5, 0.6) is 0 Å². The normalized spacial score (nSPS) is 13.3. The van der Waals surface area contributed by atoms with Gasteiger partial charge in [-0.3, -0.25) is 0 Å². The molecule has 0 radical (unpaired) electrons. The monoisotopic (exact) mass is 271 g/mol. The Morgan fingerprint density at radius 3 is 2.50 bits per heavy atom. The maximum atomic E-state index is 12.8. The van der Waals surface area contributed by atoms with E-state index in [1.165, 1.54) is 23.5 Å². The number of para-hydroxylation sites is 1. The van der Waals surface area contributed by atoms with Gasteiger partial charge in [-0.25, -0.2) is 0 Å². The van der Waals surface area contributed by atoms with Gasteiger partial charge in [0.25, 0.3) is 0 Å². The Bertz CT molecular complexity index is 505. The van der Waals surface area contributed by atoms with Crippen LogP contribution in [0.1, 0.15) is 24.1 Å². The first-order valence-electron chi connectivity index (χ1n) is 5.43. The van der Waals surface area contributed by atoms with Gasteiger partial charge in [0.1, 0.15) is 0 Å². The molecule has 1 N–H and O–H groups in total. The molecular weight excluding hydrogens is 259 g/mol. The molecule has 1 nitrogen and oxygen atoms in total. The Morgan fingerprint density at radius 2 is 1.89 bits per heavy atom. The molecule has 1 heterocycles. The molecule has 96 valence electrons. The summed E-state index contributed by atoms with van der Waals surface area (Å²) >= 11 is 1.53. The second-order valence-electron chi connectivity index (χ2n) is 3.97. The van der Waals surface area contributed by atoms with Crippen LogP contribution in [0.4, 0.5) is 18.9 Å². The van der Waals surface area contributed by atoms with Gasteiger partial charge in [0.05, 0.1) is 5.56 Å². The quantitative estimate of drug-likeness (QED) is 0.833. The molecule has 5 heteroatoms.